The molecule has 0 aromatic rings. The van der Waals surface area contributed by atoms with Crippen molar-refractivity contribution < 1.29 is 9.47 Å². The Kier molecular flexibility index (Phi) is 17.7. The maximum absolute atomic E-state index is 5.69. The van der Waals surface area contributed by atoms with Crippen LogP contribution in [0, 0.1) is 0 Å². The standard InChI is InChI=1S/C26H54O2Si/c1-4-5-6-7-8-9-10-11-12-13-14-15-16-17-18-19-22-29(2,3)23-20-21-27-24-26-25-28-26/h26H,4-25H2,1-3H3. The minimum Gasteiger partial charge on any atom is -0.379 e. The Morgan fingerprint density at radius 3 is 1.52 bits per heavy atom. The third-order valence-electron chi connectivity index (χ3n) is 6.56. The van der Waals surface area contributed by atoms with Crippen LogP contribution in [0.2, 0.25) is 25.2 Å². The fourth-order valence-electron chi connectivity index (χ4n) is 4.31. The zero-order valence-corrected chi connectivity index (χ0v) is 21.5. The van der Waals surface area contributed by atoms with Gasteiger partial charge in [-0.1, -0.05) is 135 Å². The smallest absolute Gasteiger partial charge is 0.104 e. The maximum Gasteiger partial charge on any atom is 0.104 e. The molecule has 0 radical (unpaired) electrons. The van der Waals surface area contributed by atoms with Gasteiger partial charge in [0.25, 0.3) is 0 Å². The van der Waals surface area contributed by atoms with E-state index in [4.69, 9.17) is 9.47 Å². The van der Waals surface area contributed by atoms with E-state index in [0.29, 0.717) is 6.10 Å². The highest BCUT2D eigenvalue weighted by Crippen LogP contribution is 2.22. The van der Waals surface area contributed by atoms with Crippen LogP contribution in [0.5, 0.6) is 0 Å². The molecule has 0 aliphatic carbocycles. The van der Waals surface area contributed by atoms with Gasteiger partial charge in [0.05, 0.1) is 13.2 Å². The van der Waals surface area contributed by atoms with E-state index in [1.807, 2.05) is 0 Å². The number of unbranched alkanes of at least 4 members (excludes halogenated alkanes) is 15. The number of rotatable bonds is 23. The molecule has 29 heavy (non-hydrogen) atoms. The van der Waals surface area contributed by atoms with Crippen LogP contribution in [-0.4, -0.2) is 34.0 Å². The van der Waals surface area contributed by atoms with Gasteiger partial charge in [0, 0.05) is 14.7 Å². The molecule has 1 rings (SSSR count). The van der Waals surface area contributed by atoms with Crippen molar-refractivity contribution in [2.45, 2.75) is 147 Å². The van der Waals surface area contributed by atoms with E-state index in [-0.39, 0.29) is 0 Å². The quantitative estimate of drug-likeness (QED) is 0.0925. The molecule has 0 aromatic carbocycles. The van der Waals surface area contributed by atoms with Gasteiger partial charge in [-0.3, -0.25) is 0 Å². The van der Waals surface area contributed by atoms with Crippen LogP contribution >= 0.6 is 0 Å². The average molecular weight is 427 g/mol. The van der Waals surface area contributed by atoms with E-state index in [2.05, 4.69) is 20.0 Å². The van der Waals surface area contributed by atoms with E-state index in [9.17, 15) is 0 Å². The fourth-order valence-corrected chi connectivity index (χ4v) is 6.87. The van der Waals surface area contributed by atoms with E-state index >= 15 is 0 Å². The summed E-state index contributed by atoms with van der Waals surface area (Å²) < 4.78 is 10.9. The topological polar surface area (TPSA) is 21.8 Å². The SMILES string of the molecule is CCCCCCCCCCCCCCCCCC[Si](C)(C)CCCOCC1CO1. The number of ether oxygens (including phenoxy) is 2. The molecule has 0 N–H and O–H groups in total. The average Bonchev–Trinajstić information content (AvgIpc) is 3.51. The van der Waals surface area contributed by atoms with Crippen LogP contribution in [0.25, 0.3) is 0 Å². The lowest BCUT2D eigenvalue weighted by atomic mass is 10.0. The fraction of sp³-hybridized carbons (Fsp3) is 1.00. The summed E-state index contributed by atoms with van der Waals surface area (Å²) >= 11 is 0. The molecule has 0 saturated carbocycles. The highest BCUT2D eigenvalue weighted by molar-refractivity contribution is 6.77. The first-order chi connectivity index (χ1) is 14.1. The van der Waals surface area contributed by atoms with Gasteiger partial charge in [0.2, 0.25) is 0 Å². The summed E-state index contributed by atoms with van der Waals surface area (Å²) in [5, 5.41) is 0. The van der Waals surface area contributed by atoms with Gasteiger partial charge in [-0.15, -0.1) is 0 Å². The minimum atomic E-state index is -0.983. The summed E-state index contributed by atoms with van der Waals surface area (Å²) in [6.45, 7) is 10.1. The molecule has 1 fully saturated rings. The molecule has 1 aliphatic rings. The summed E-state index contributed by atoms with van der Waals surface area (Å²) in [5.74, 6) is 0. The molecule has 1 atom stereocenters. The van der Waals surface area contributed by atoms with Crippen molar-refractivity contribution in [3.05, 3.63) is 0 Å². The molecule has 0 spiro atoms. The third-order valence-corrected chi connectivity index (χ3v) is 9.97. The molecule has 1 aliphatic heterocycles. The monoisotopic (exact) mass is 426 g/mol. The molecule has 3 heteroatoms. The van der Waals surface area contributed by atoms with E-state index in [1.54, 1.807) is 0 Å². The zero-order valence-electron chi connectivity index (χ0n) is 20.5. The molecule has 1 heterocycles. The molecule has 0 bridgehead atoms. The summed E-state index contributed by atoms with van der Waals surface area (Å²) in [4.78, 5) is 0. The van der Waals surface area contributed by atoms with Gasteiger partial charge in [0.1, 0.15) is 6.10 Å². The lowest BCUT2D eigenvalue weighted by Gasteiger charge is -2.22. The Balaban J connectivity index is 1.73. The van der Waals surface area contributed by atoms with Gasteiger partial charge < -0.3 is 9.47 Å². The van der Waals surface area contributed by atoms with Crippen LogP contribution in [0.3, 0.4) is 0 Å². The molecule has 0 aromatic heterocycles. The largest absolute Gasteiger partial charge is 0.379 e. The summed E-state index contributed by atoms with van der Waals surface area (Å²) in [5.41, 5.74) is 0. The second kappa shape index (κ2) is 18.9. The maximum atomic E-state index is 5.69. The molecule has 0 amide bonds. The lowest BCUT2D eigenvalue weighted by Crippen LogP contribution is -2.25. The molecular weight excluding hydrogens is 372 g/mol. The molecule has 1 saturated heterocycles. The first kappa shape index (κ1) is 27.2. The number of epoxide rings is 1. The van der Waals surface area contributed by atoms with Crippen molar-refractivity contribution in [2.24, 2.45) is 0 Å². The van der Waals surface area contributed by atoms with Gasteiger partial charge in [-0.25, -0.2) is 0 Å². The molecular formula is C26H54O2Si. The van der Waals surface area contributed by atoms with Gasteiger partial charge in [-0.2, -0.15) is 0 Å². The van der Waals surface area contributed by atoms with E-state index in [1.165, 1.54) is 121 Å². The Morgan fingerprint density at radius 2 is 1.07 bits per heavy atom. The Bertz CT molecular complexity index is 342. The predicted molar refractivity (Wildman–Crippen MR) is 132 cm³/mol. The van der Waals surface area contributed by atoms with E-state index in [0.717, 1.165) is 19.8 Å². The highest BCUT2D eigenvalue weighted by atomic mass is 28.3. The Labute approximate surface area is 184 Å². The van der Waals surface area contributed by atoms with E-state index < -0.39 is 8.07 Å². The molecule has 1 unspecified atom stereocenters. The molecule has 2 nitrogen and oxygen atoms in total. The highest BCUT2D eigenvalue weighted by Gasteiger charge is 2.23. The first-order valence-corrected chi connectivity index (χ1v) is 16.7. The van der Waals surface area contributed by atoms with Crippen molar-refractivity contribution in [2.75, 3.05) is 19.8 Å². The van der Waals surface area contributed by atoms with Crippen molar-refractivity contribution in [1.29, 1.82) is 0 Å². The van der Waals surface area contributed by atoms with Crippen molar-refractivity contribution in [3.8, 4) is 0 Å². The van der Waals surface area contributed by atoms with Crippen molar-refractivity contribution >= 4 is 8.07 Å². The number of hydrogen-bond acceptors (Lipinski definition) is 2. The van der Waals surface area contributed by atoms with Crippen LogP contribution in [0.4, 0.5) is 0 Å². The second-order valence-electron chi connectivity index (χ2n) is 10.4. The molecule has 174 valence electrons. The van der Waals surface area contributed by atoms with Crippen molar-refractivity contribution in [3.63, 3.8) is 0 Å². The van der Waals surface area contributed by atoms with Gasteiger partial charge >= 0.3 is 0 Å². The van der Waals surface area contributed by atoms with Crippen LogP contribution in [0.15, 0.2) is 0 Å². The summed E-state index contributed by atoms with van der Waals surface area (Å²) in [7, 11) is -0.983. The summed E-state index contributed by atoms with van der Waals surface area (Å²) in [6.07, 6.45) is 25.1. The first-order valence-electron chi connectivity index (χ1n) is 13.3. The number of hydrogen-bond donors (Lipinski definition) is 0. The van der Waals surface area contributed by atoms with Crippen LogP contribution in [-0.2, 0) is 9.47 Å². The lowest BCUT2D eigenvalue weighted by molar-refractivity contribution is 0.117. The second-order valence-corrected chi connectivity index (χ2v) is 15.7. The van der Waals surface area contributed by atoms with Gasteiger partial charge in [-0.05, 0) is 6.42 Å². The van der Waals surface area contributed by atoms with Gasteiger partial charge in [0.15, 0.2) is 0 Å². The van der Waals surface area contributed by atoms with Crippen LogP contribution < -0.4 is 0 Å². The predicted octanol–water partition coefficient (Wildman–Crippen LogP) is 8.76. The normalized spacial score (nSPS) is 16.4. The van der Waals surface area contributed by atoms with Crippen LogP contribution in [0.1, 0.15) is 116 Å². The summed E-state index contributed by atoms with van der Waals surface area (Å²) in [6, 6.07) is 2.94. The third kappa shape index (κ3) is 19.8. The Morgan fingerprint density at radius 1 is 0.655 bits per heavy atom. The minimum absolute atomic E-state index is 0.422. The zero-order chi connectivity index (χ0) is 21.0. The van der Waals surface area contributed by atoms with Crippen molar-refractivity contribution in [1.82, 2.24) is 0 Å². The Hall–Kier alpha value is 0.137.